The van der Waals surface area contributed by atoms with E-state index in [1.165, 1.54) is 7.05 Å². The van der Waals surface area contributed by atoms with Crippen molar-refractivity contribution in [2.75, 3.05) is 7.05 Å². The fourth-order valence-electron chi connectivity index (χ4n) is 0.630. The van der Waals surface area contributed by atoms with Crippen LogP contribution in [0.1, 0.15) is 16.2 Å². The van der Waals surface area contributed by atoms with Crippen LogP contribution in [0.25, 0.3) is 0 Å². The van der Waals surface area contributed by atoms with Crippen LogP contribution in [0.3, 0.4) is 0 Å². The summed E-state index contributed by atoms with van der Waals surface area (Å²) in [7, 11) is 1.50. The van der Waals surface area contributed by atoms with Crippen molar-refractivity contribution in [2.45, 2.75) is 6.92 Å². The van der Waals surface area contributed by atoms with Gasteiger partial charge in [0, 0.05) is 5.69 Å². The number of hydrogen-bond acceptors (Lipinski definition) is 3. The molecule has 0 aliphatic heterocycles. The van der Waals surface area contributed by atoms with E-state index in [1.807, 2.05) is 19.1 Å². The van der Waals surface area contributed by atoms with Crippen LogP contribution in [-0.2, 0) is 0 Å². The number of nitrogens with two attached hydrogens (primary N) is 1. The van der Waals surface area contributed by atoms with Gasteiger partial charge in [-0.2, -0.15) is 0 Å². The first-order chi connectivity index (χ1) is 5.33. The van der Waals surface area contributed by atoms with Crippen molar-refractivity contribution in [3.63, 3.8) is 0 Å². The lowest BCUT2D eigenvalue weighted by Crippen LogP contribution is -1.86. The Bertz CT molecular complexity index is 223. The molecule has 0 radical (unpaired) electrons. The minimum atomic E-state index is 0.495. The Morgan fingerprint density at radius 3 is 2.45 bits per heavy atom. The lowest BCUT2D eigenvalue weighted by atomic mass is 10.3. The van der Waals surface area contributed by atoms with E-state index in [1.54, 1.807) is 6.07 Å². The van der Waals surface area contributed by atoms with Gasteiger partial charge < -0.3 is 5.73 Å². The molecular weight excluding hydrogens is 140 g/mol. The standard InChI is InChI=1S/C7H7NO.CH5N/c1-6-3-2-4-7(5-9)8-6;1-2/h2-5H,1H3;2H2,1H3. The summed E-state index contributed by atoms with van der Waals surface area (Å²) in [6.07, 6.45) is 0.743. The van der Waals surface area contributed by atoms with Gasteiger partial charge in [-0.15, -0.1) is 0 Å². The second-order valence-electron chi connectivity index (χ2n) is 1.82. The smallest absolute Gasteiger partial charge is 0.168 e. The molecule has 0 saturated carbocycles. The predicted octanol–water partition coefficient (Wildman–Crippen LogP) is 0.777. The number of carbonyl (C=O) groups excluding carboxylic acids is 1. The van der Waals surface area contributed by atoms with Gasteiger partial charge in [0.05, 0.1) is 0 Å². The normalized spacial score (nSPS) is 7.91. The number of aromatic nitrogens is 1. The molecule has 0 unspecified atom stereocenters. The quantitative estimate of drug-likeness (QED) is 0.605. The van der Waals surface area contributed by atoms with Gasteiger partial charge in [-0.3, -0.25) is 9.78 Å². The number of carbonyl (C=O) groups is 1. The second-order valence-corrected chi connectivity index (χ2v) is 1.82. The molecule has 11 heavy (non-hydrogen) atoms. The highest BCUT2D eigenvalue weighted by atomic mass is 16.1. The number of aryl methyl sites for hydroxylation is 1. The van der Waals surface area contributed by atoms with Crippen LogP contribution in [0, 0.1) is 6.92 Å². The molecule has 3 nitrogen and oxygen atoms in total. The van der Waals surface area contributed by atoms with E-state index >= 15 is 0 Å². The van der Waals surface area contributed by atoms with Crippen LogP contribution >= 0.6 is 0 Å². The molecule has 3 heteroatoms. The highest BCUT2D eigenvalue weighted by Crippen LogP contribution is 1.93. The van der Waals surface area contributed by atoms with E-state index in [0.29, 0.717) is 5.69 Å². The monoisotopic (exact) mass is 152 g/mol. The minimum Gasteiger partial charge on any atom is -0.333 e. The van der Waals surface area contributed by atoms with Crippen molar-refractivity contribution in [1.29, 1.82) is 0 Å². The summed E-state index contributed by atoms with van der Waals surface area (Å²) in [5.74, 6) is 0. The third-order valence-electron chi connectivity index (χ3n) is 1.03. The fourth-order valence-corrected chi connectivity index (χ4v) is 0.630. The molecule has 1 rings (SSSR count). The number of hydrogen-bond donors (Lipinski definition) is 1. The SMILES string of the molecule is CN.Cc1cccc(C=O)n1. The first-order valence-corrected chi connectivity index (χ1v) is 3.29. The lowest BCUT2D eigenvalue weighted by molar-refractivity contribution is 0.111. The Kier molecular flexibility index (Phi) is 4.94. The zero-order valence-corrected chi connectivity index (χ0v) is 6.74. The first-order valence-electron chi connectivity index (χ1n) is 3.29. The zero-order chi connectivity index (χ0) is 8.69. The molecule has 1 heterocycles. The maximum absolute atomic E-state index is 10.1. The largest absolute Gasteiger partial charge is 0.333 e. The molecular formula is C8H12N2O. The van der Waals surface area contributed by atoms with Gasteiger partial charge in [0.25, 0.3) is 0 Å². The summed E-state index contributed by atoms with van der Waals surface area (Å²) in [6.45, 7) is 1.85. The Morgan fingerprint density at radius 1 is 1.45 bits per heavy atom. The number of nitrogens with zero attached hydrogens (tertiary/aromatic N) is 1. The average Bonchev–Trinajstić information content (AvgIpc) is 2.08. The molecule has 0 aromatic carbocycles. The average molecular weight is 152 g/mol. The van der Waals surface area contributed by atoms with E-state index in [2.05, 4.69) is 10.7 Å². The second kappa shape index (κ2) is 5.56. The van der Waals surface area contributed by atoms with Crippen molar-refractivity contribution < 1.29 is 4.79 Å². The summed E-state index contributed by atoms with van der Waals surface area (Å²) in [5.41, 5.74) is 5.87. The predicted molar refractivity (Wildman–Crippen MR) is 44.5 cm³/mol. The van der Waals surface area contributed by atoms with Crippen molar-refractivity contribution in [1.82, 2.24) is 4.98 Å². The molecule has 0 atom stereocenters. The van der Waals surface area contributed by atoms with E-state index in [-0.39, 0.29) is 0 Å². The Labute approximate surface area is 66.3 Å². The summed E-state index contributed by atoms with van der Waals surface area (Å²) in [4.78, 5) is 14.0. The van der Waals surface area contributed by atoms with Gasteiger partial charge in [0.15, 0.2) is 6.29 Å². The molecule has 0 fully saturated rings. The van der Waals surface area contributed by atoms with Crippen LogP contribution in [0.5, 0.6) is 0 Å². The van der Waals surface area contributed by atoms with Crippen LogP contribution in [0.2, 0.25) is 0 Å². The summed E-state index contributed by atoms with van der Waals surface area (Å²) in [5, 5.41) is 0. The van der Waals surface area contributed by atoms with Gasteiger partial charge in [-0.05, 0) is 26.1 Å². The van der Waals surface area contributed by atoms with E-state index < -0.39 is 0 Å². The highest BCUT2D eigenvalue weighted by molar-refractivity contribution is 5.71. The van der Waals surface area contributed by atoms with Gasteiger partial charge in [0.1, 0.15) is 5.69 Å². The van der Waals surface area contributed by atoms with Crippen LogP contribution in [0.4, 0.5) is 0 Å². The third-order valence-corrected chi connectivity index (χ3v) is 1.03. The number of aldehydes is 1. The van der Waals surface area contributed by atoms with Gasteiger partial charge in [0.2, 0.25) is 0 Å². The summed E-state index contributed by atoms with van der Waals surface area (Å²) in [6, 6.07) is 5.35. The minimum absolute atomic E-state index is 0.495. The maximum atomic E-state index is 10.1. The van der Waals surface area contributed by atoms with Crippen LogP contribution < -0.4 is 5.73 Å². The van der Waals surface area contributed by atoms with E-state index in [0.717, 1.165) is 12.0 Å². The number of rotatable bonds is 1. The molecule has 0 spiro atoms. The topological polar surface area (TPSA) is 56.0 Å². The van der Waals surface area contributed by atoms with Crippen LogP contribution in [-0.4, -0.2) is 18.3 Å². The van der Waals surface area contributed by atoms with Crippen molar-refractivity contribution in [2.24, 2.45) is 5.73 Å². The highest BCUT2D eigenvalue weighted by Gasteiger charge is 1.87. The third kappa shape index (κ3) is 3.47. The van der Waals surface area contributed by atoms with Gasteiger partial charge in [-0.25, -0.2) is 0 Å². The van der Waals surface area contributed by atoms with E-state index in [4.69, 9.17) is 0 Å². The van der Waals surface area contributed by atoms with Crippen LogP contribution in [0.15, 0.2) is 18.2 Å². The van der Waals surface area contributed by atoms with Crippen molar-refractivity contribution in [3.8, 4) is 0 Å². The molecule has 1 aromatic rings. The van der Waals surface area contributed by atoms with E-state index in [9.17, 15) is 4.79 Å². The fraction of sp³-hybridized carbons (Fsp3) is 0.250. The molecule has 60 valence electrons. The Balaban J connectivity index is 0.000000461. The van der Waals surface area contributed by atoms with Crippen molar-refractivity contribution >= 4 is 6.29 Å². The molecule has 0 aliphatic rings. The number of pyridine rings is 1. The van der Waals surface area contributed by atoms with Gasteiger partial charge >= 0.3 is 0 Å². The zero-order valence-electron chi connectivity index (χ0n) is 6.74. The molecule has 0 aliphatic carbocycles. The molecule has 2 N–H and O–H groups in total. The summed E-state index contributed by atoms with van der Waals surface area (Å²) >= 11 is 0. The summed E-state index contributed by atoms with van der Waals surface area (Å²) < 4.78 is 0. The van der Waals surface area contributed by atoms with Crippen molar-refractivity contribution in [3.05, 3.63) is 29.6 Å². The molecule has 0 amide bonds. The Morgan fingerprint density at radius 2 is 2.09 bits per heavy atom. The Hall–Kier alpha value is -1.22. The maximum Gasteiger partial charge on any atom is 0.168 e. The van der Waals surface area contributed by atoms with Gasteiger partial charge in [-0.1, -0.05) is 6.07 Å². The molecule has 0 saturated heterocycles. The lowest BCUT2D eigenvalue weighted by Gasteiger charge is -1.89. The first kappa shape index (κ1) is 9.78. The molecule has 0 bridgehead atoms. The molecule has 1 aromatic heterocycles.